The fraction of sp³-hybridized carbons (Fsp3) is 0.615. The number of likely N-dealkylation sites (N-methyl/N-ethyl adjacent to an activating group) is 1. The number of nitriles is 1. The van der Waals surface area contributed by atoms with Gasteiger partial charge in [-0.15, -0.1) is 5.10 Å². The van der Waals surface area contributed by atoms with Crippen molar-refractivity contribution in [2.45, 2.75) is 20.0 Å². The van der Waals surface area contributed by atoms with Crippen LogP contribution in [0.15, 0.2) is 0 Å². The molecule has 1 aromatic heterocycles. The van der Waals surface area contributed by atoms with Crippen LogP contribution in [0.2, 0.25) is 0 Å². The molecule has 1 unspecified atom stereocenters. The minimum absolute atomic E-state index is 0.119. The lowest BCUT2D eigenvalue weighted by molar-refractivity contribution is 0.0339. The lowest BCUT2D eigenvalue weighted by Gasteiger charge is -2.28. The number of aromatic nitrogens is 2. The van der Waals surface area contributed by atoms with Gasteiger partial charge in [-0.3, -0.25) is 0 Å². The molecule has 1 saturated heterocycles. The molecule has 0 aromatic carbocycles. The molecule has 1 aliphatic rings. The summed E-state index contributed by atoms with van der Waals surface area (Å²) in [5, 5.41) is 20.8. The zero-order valence-corrected chi connectivity index (χ0v) is 11.6. The van der Waals surface area contributed by atoms with Gasteiger partial charge in [-0.25, -0.2) is 0 Å². The van der Waals surface area contributed by atoms with E-state index in [1.54, 1.807) is 0 Å². The molecule has 1 aliphatic heterocycles. The van der Waals surface area contributed by atoms with E-state index in [-0.39, 0.29) is 6.10 Å². The van der Waals surface area contributed by atoms with Crippen LogP contribution in [-0.4, -0.2) is 49.6 Å². The number of hydrogen-bond acceptors (Lipinski definition) is 6. The number of hydrogen-bond donors (Lipinski definition) is 1. The maximum absolute atomic E-state index is 9.29. The van der Waals surface area contributed by atoms with E-state index in [1.165, 1.54) is 0 Å². The third kappa shape index (κ3) is 3.00. The quantitative estimate of drug-likeness (QED) is 0.848. The first kappa shape index (κ1) is 13.7. The predicted molar refractivity (Wildman–Crippen MR) is 72.1 cm³/mol. The van der Waals surface area contributed by atoms with Crippen LogP contribution in [-0.2, 0) is 4.74 Å². The summed E-state index contributed by atoms with van der Waals surface area (Å²) in [6.07, 6.45) is 0.119. The van der Waals surface area contributed by atoms with Crippen molar-refractivity contribution in [1.29, 1.82) is 5.26 Å². The van der Waals surface area contributed by atoms with Gasteiger partial charge in [0, 0.05) is 26.7 Å². The smallest absolute Gasteiger partial charge is 0.169 e. The van der Waals surface area contributed by atoms with Crippen LogP contribution in [0.25, 0.3) is 0 Å². The third-order valence-corrected chi connectivity index (χ3v) is 3.39. The Hall–Kier alpha value is -1.71. The van der Waals surface area contributed by atoms with E-state index in [1.807, 2.05) is 25.8 Å². The molecule has 0 saturated carbocycles. The zero-order chi connectivity index (χ0) is 13.8. The Bertz CT molecular complexity index is 491. The second-order valence-electron chi connectivity index (χ2n) is 4.80. The minimum atomic E-state index is 0.119. The van der Waals surface area contributed by atoms with Gasteiger partial charge in [0.15, 0.2) is 5.82 Å². The Kier molecular flexibility index (Phi) is 4.30. The molecule has 19 heavy (non-hydrogen) atoms. The fourth-order valence-corrected chi connectivity index (χ4v) is 2.13. The van der Waals surface area contributed by atoms with Gasteiger partial charge in [0.1, 0.15) is 11.6 Å². The number of rotatable bonds is 3. The van der Waals surface area contributed by atoms with Crippen LogP contribution in [0.5, 0.6) is 0 Å². The normalized spacial score (nSPS) is 18.9. The molecule has 0 aliphatic carbocycles. The number of morpholine rings is 1. The molecule has 2 rings (SSSR count). The molecule has 1 fully saturated rings. The summed E-state index contributed by atoms with van der Waals surface area (Å²) >= 11 is 0. The van der Waals surface area contributed by atoms with Crippen molar-refractivity contribution in [2.24, 2.45) is 0 Å². The SMILES string of the molecule is Cc1nnc(N(C)CC2CNCCO2)c(C#N)c1C. The van der Waals surface area contributed by atoms with E-state index in [0.717, 1.165) is 31.0 Å². The highest BCUT2D eigenvalue weighted by Crippen LogP contribution is 2.20. The summed E-state index contributed by atoms with van der Waals surface area (Å²) in [4.78, 5) is 1.94. The van der Waals surface area contributed by atoms with Crippen LogP contribution in [0.4, 0.5) is 5.82 Å². The van der Waals surface area contributed by atoms with E-state index in [2.05, 4.69) is 21.6 Å². The third-order valence-electron chi connectivity index (χ3n) is 3.39. The highest BCUT2D eigenvalue weighted by Gasteiger charge is 2.20. The van der Waals surface area contributed by atoms with Crippen molar-refractivity contribution < 1.29 is 4.74 Å². The van der Waals surface area contributed by atoms with Gasteiger partial charge in [0.2, 0.25) is 0 Å². The second-order valence-corrected chi connectivity index (χ2v) is 4.80. The van der Waals surface area contributed by atoms with Crippen LogP contribution < -0.4 is 10.2 Å². The Labute approximate surface area is 113 Å². The van der Waals surface area contributed by atoms with Crippen molar-refractivity contribution in [2.75, 3.05) is 38.2 Å². The summed E-state index contributed by atoms with van der Waals surface area (Å²) in [5.41, 5.74) is 2.28. The molecule has 0 spiro atoms. The first-order valence-electron chi connectivity index (χ1n) is 6.41. The highest BCUT2D eigenvalue weighted by molar-refractivity contribution is 5.57. The average Bonchev–Trinajstić information content (AvgIpc) is 2.42. The van der Waals surface area contributed by atoms with Gasteiger partial charge in [0.05, 0.1) is 18.4 Å². The number of aryl methyl sites for hydroxylation is 1. The van der Waals surface area contributed by atoms with Gasteiger partial charge in [0.25, 0.3) is 0 Å². The first-order chi connectivity index (χ1) is 9.13. The average molecular weight is 261 g/mol. The molecular formula is C13H19N5O. The Morgan fingerprint density at radius 2 is 2.26 bits per heavy atom. The van der Waals surface area contributed by atoms with Gasteiger partial charge < -0.3 is 15.0 Å². The summed E-state index contributed by atoms with van der Waals surface area (Å²) in [6, 6.07) is 2.22. The lowest BCUT2D eigenvalue weighted by Crippen LogP contribution is -2.44. The summed E-state index contributed by atoms with van der Waals surface area (Å²) in [7, 11) is 1.91. The van der Waals surface area contributed by atoms with Crippen LogP contribution >= 0.6 is 0 Å². The first-order valence-corrected chi connectivity index (χ1v) is 6.41. The van der Waals surface area contributed by atoms with Crippen molar-refractivity contribution >= 4 is 5.82 Å². The van der Waals surface area contributed by atoms with E-state index in [9.17, 15) is 5.26 Å². The van der Waals surface area contributed by atoms with Crippen molar-refractivity contribution in [3.8, 4) is 6.07 Å². The van der Waals surface area contributed by atoms with Crippen LogP contribution in [0, 0.1) is 25.2 Å². The summed E-state index contributed by atoms with van der Waals surface area (Å²) in [5.74, 6) is 0.625. The highest BCUT2D eigenvalue weighted by atomic mass is 16.5. The molecule has 0 amide bonds. The van der Waals surface area contributed by atoms with Crippen molar-refractivity contribution in [1.82, 2.24) is 15.5 Å². The standard InChI is InChI=1S/C13H19N5O/c1-9-10(2)16-17-13(12(9)6-14)18(3)8-11-7-15-4-5-19-11/h11,15H,4-5,7-8H2,1-3H3. The van der Waals surface area contributed by atoms with E-state index in [4.69, 9.17) is 4.74 Å². The zero-order valence-electron chi connectivity index (χ0n) is 11.6. The monoisotopic (exact) mass is 261 g/mol. The largest absolute Gasteiger partial charge is 0.374 e. The minimum Gasteiger partial charge on any atom is -0.374 e. The fourth-order valence-electron chi connectivity index (χ4n) is 2.13. The summed E-state index contributed by atoms with van der Waals surface area (Å²) < 4.78 is 5.66. The van der Waals surface area contributed by atoms with Gasteiger partial charge in [-0.05, 0) is 19.4 Å². The van der Waals surface area contributed by atoms with Crippen LogP contribution in [0.1, 0.15) is 16.8 Å². The van der Waals surface area contributed by atoms with E-state index >= 15 is 0 Å². The summed E-state index contributed by atoms with van der Waals surface area (Å²) in [6.45, 7) is 6.90. The topological polar surface area (TPSA) is 74.1 Å². The van der Waals surface area contributed by atoms with Crippen LogP contribution in [0.3, 0.4) is 0 Å². The van der Waals surface area contributed by atoms with Gasteiger partial charge >= 0.3 is 0 Å². The second kappa shape index (κ2) is 5.95. The molecule has 0 radical (unpaired) electrons. The number of anilines is 1. The predicted octanol–water partition coefficient (Wildman–Crippen LogP) is 0.390. The van der Waals surface area contributed by atoms with Gasteiger partial charge in [-0.2, -0.15) is 10.4 Å². The number of ether oxygens (including phenoxy) is 1. The molecule has 1 aromatic rings. The maximum atomic E-state index is 9.29. The molecule has 2 heterocycles. The molecule has 102 valence electrons. The molecule has 0 bridgehead atoms. The van der Waals surface area contributed by atoms with Crippen molar-refractivity contribution in [3.05, 3.63) is 16.8 Å². The van der Waals surface area contributed by atoms with Gasteiger partial charge in [-0.1, -0.05) is 0 Å². The lowest BCUT2D eigenvalue weighted by atomic mass is 10.1. The Balaban J connectivity index is 2.16. The molecule has 6 heteroatoms. The number of nitrogens with one attached hydrogen (secondary N) is 1. The molecular weight excluding hydrogens is 242 g/mol. The van der Waals surface area contributed by atoms with Crippen molar-refractivity contribution in [3.63, 3.8) is 0 Å². The maximum Gasteiger partial charge on any atom is 0.169 e. The Morgan fingerprint density at radius 1 is 1.47 bits per heavy atom. The molecule has 6 nitrogen and oxygen atoms in total. The Morgan fingerprint density at radius 3 is 2.89 bits per heavy atom. The van der Waals surface area contributed by atoms with E-state index < -0.39 is 0 Å². The van der Waals surface area contributed by atoms with E-state index in [0.29, 0.717) is 17.9 Å². The molecule has 1 atom stereocenters. The molecule has 1 N–H and O–H groups in total. The number of nitrogens with zero attached hydrogens (tertiary/aromatic N) is 4.